The normalized spacial score (nSPS) is 11.9. The third kappa shape index (κ3) is 1.96. The van der Waals surface area contributed by atoms with Crippen molar-refractivity contribution in [2.75, 3.05) is 7.05 Å². The average molecular weight is 221 g/mol. The number of rotatable bonds is 4. The molecule has 86 valence electrons. The van der Waals surface area contributed by atoms with Crippen LogP contribution in [0, 0.1) is 0 Å². The predicted molar refractivity (Wildman–Crippen MR) is 57.7 cm³/mol. The lowest BCUT2D eigenvalue weighted by Gasteiger charge is -2.24. The molecule has 2 aromatic heterocycles. The van der Waals surface area contributed by atoms with Crippen LogP contribution in [0.1, 0.15) is 25.4 Å². The Morgan fingerprint density at radius 3 is 2.94 bits per heavy atom. The molecule has 0 fully saturated rings. The van der Waals surface area contributed by atoms with Crippen molar-refractivity contribution in [2.24, 2.45) is 0 Å². The summed E-state index contributed by atoms with van der Waals surface area (Å²) in [6, 6.07) is 0. The van der Waals surface area contributed by atoms with Crippen LogP contribution >= 0.6 is 0 Å². The molecule has 2 rings (SSSR count). The number of imidazole rings is 1. The fourth-order valence-electron chi connectivity index (χ4n) is 1.51. The quantitative estimate of drug-likeness (QED) is 0.825. The lowest BCUT2D eigenvalue weighted by Crippen LogP contribution is -2.35. The highest BCUT2D eigenvalue weighted by Gasteiger charge is 2.22. The fourth-order valence-corrected chi connectivity index (χ4v) is 1.51. The van der Waals surface area contributed by atoms with Gasteiger partial charge in [0.25, 0.3) is 0 Å². The molecule has 0 spiro atoms. The van der Waals surface area contributed by atoms with Gasteiger partial charge < -0.3 is 14.4 Å². The molecular formula is C10H15N5O. The highest BCUT2D eigenvalue weighted by molar-refractivity contribution is 5.11. The van der Waals surface area contributed by atoms with E-state index in [1.807, 2.05) is 17.8 Å². The molecule has 16 heavy (non-hydrogen) atoms. The highest BCUT2D eigenvalue weighted by atomic mass is 16.5. The summed E-state index contributed by atoms with van der Waals surface area (Å²) in [5.41, 5.74) is 0.944. The standard InChI is InChI=1S/C10H15N5O/c1-10(2,11-3)8-4-12-6-15(8)5-9-13-7-16-14-9/h4,6-7,11H,5H2,1-3H3. The molecule has 0 unspecified atom stereocenters. The summed E-state index contributed by atoms with van der Waals surface area (Å²) in [5.74, 6) is 0.645. The van der Waals surface area contributed by atoms with E-state index in [1.54, 1.807) is 6.33 Å². The molecule has 2 aromatic rings. The molecule has 0 aliphatic heterocycles. The minimum atomic E-state index is -0.139. The third-order valence-corrected chi connectivity index (χ3v) is 2.70. The smallest absolute Gasteiger partial charge is 0.213 e. The van der Waals surface area contributed by atoms with Gasteiger partial charge in [-0.3, -0.25) is 0 Å². The van der Waals surface area contributed by atoms with Crippen molar-refractivity contribution in [1.29, 1.82) is 0 Å². The Morgan fingerprint density at radius 1 is 1.50 bits per heavy atom. The van der Waals surface area contributed by atoms with E-state index < -0.39 is 0 Å². The lowest BCUT2D eigenvalue weighted by molar-refractivity contribution is 0.397. The van der Waals surface area contributed by atoms with Gasteiger partial charge in [0, 0.05) is 0 Å². The summed E-state index contributed by atoms with van der Waals surface area (Å²) in [4.78, 5) is 8.15. The molecule has 0 atom stereocenters. The first kappa shape index (κ1) is 10.8. The van der Waals surface area contributed by atoms with Crippen molar-refractivity contribution >= 4 is 0 Å². The van der Waals surface area contributed by atoms with Gasteiger partial charge in [-0.05, 0) is 20.9 Å². The second kappa shape index (κ2) is 4.05. The molecule has 0 saturated carbocycles. The molecular weight excluding hydrogens is 206 g/mol. The van der Waals surface area contributed by atoms with Crippen LogP contribution in [0.4, 0.5) is 0 Å². The van der Waals surface area contributed by atoms with Crippen molar-refractivity contribution in [2.45, 2.75) is 25.9 Å². The van der Waals surface area contributed by atoms with Crippen LogP contribution in [0.2, 0.25) is 0 Å². The molecule has 0 aliphatic rings. The van der Waals surface area contributed by atoms with Crippen molar-refractivity contribution in [3.63, 3.8) is 0 Å². The Kier molecular flexibility index (Phi) is 2.74. The second-order valence-electron chi connectivity index (χ2n) is 4.13. The van der Waals surface area contributed by atoms with Gasteiger partial charge in [-0.2, -0.15) is 4.98 Å². The zero-order valence-electron chi connectivity index (χ0n) is 9.64. The second-order valence-corrected chi connectivity index (χ2v) is 4.13. The van der Waals surface area contributed by atoms with Gasteiger partial charge >= 0.3 is 0 Å². The van der Waals surface area contributed by atoms with Gasteiger partial charge in [-0.1, -0.05) is 5.16 Å². The van der Waals surface area contributed by atoms with E-state index in [4.69, 9.17) is 4.52 Å². The SMILES string of the molecule is CNC(C)(C)c1cncn1Cc1ncon1. The van der Waals surface area contributed by atoms with Crippen LogP contribution in [0.3, 0.4) is 0 Å². The fraction of sp³-hybridized carbons (Fsp3) is 0.500. The number of aromatic nitrogens is 4. The van der Waals surface area contributed by atoms with E-state index in [2.05, 4.69) is 34.3 Å². The van der Waals surface area contributed by atoms with E-state index in [0.29, 0.717) is 12.4 Å². The van der Waals surface area contributed by atoms with E-state index in [1.165, 1.54) is 6.39 Å². The third-order valence-electron chi connectivity index (χ3n) is 2.70. The Hall–Kier alpha value is -1.69. The molecule has 0 bridgehead atoms. The Bertz CT molecular complexity index is 445. The van der Waals surface area contributed by atoms with Gasteiger partial charge in [-0.15, -0.1) is 0 Å². The molecule has 2 heterocycles. The largest absolute Gasteiger partial charge is 0.343 e. The van der Waals surface area contributed by atoms with Crippen molar-refractivity contribution < 1.29 is 4.52 Å². The van der Waals surface area contributed by atoms with Crippen molar-refractivity contribution in [1.82, 2.24) is 25.0 Å². The molecule has 6 nitrogen and oxygen atoms in total. The van der Waals surface area contributed by atoms with Gasteiger partial charge in [-0.25, -0.2) is 4.98 Å². The van der Waals surface area contributed by atoms with Crippen LogP contribution in [-0.4, -0.2) is 26.7 Å². The van der Waals surface area contributed by atoms with Crippen molar-refractivity contribution in [3.8, 4) is 0 Å². The maximum Gasteiger partial charge on any atom is 0.213 e. The van der Waals surface area contributed by atoms with Crippen molar-refractivity contribution in [3.05, 3.63) is 30.4 Å². The summed E-state index contributed by atoms with van der Waals surface area (Å²) in [6.45, 7) is 4.75. The highest BCUT2D eigenvalue weighted by Crippen LogP contribution is 2.19. The molecule has 0 saturated heterocycles. The Balaban J connectivity index is 2.26. The Morgan fingerprint density at radius 2 is 2.31 bits per heavy atom. The van der Waals surface area contributed by atoms with E-state index >= 15 is 0 Å². The monoisotopic (exact) mass is 221 g/mol. The first-order valence-corrected chi connectivity index (χ1v) is 5.08. The molecule has 0 amide bonds. The topological polar surface area (TPSA) is 68.8 Å². The minimum absolute atomic E-state index is 0.139. The summed E-state index contributed by atoms with van der Waals surface area (Å²) in [6.07, 6.45) is 4.94. The van der Waals surface area contributed by atoms with Crippen LogP contribution in [0.15, 0.2) is 23.4 Å². The molecule has 1 N–H and O–H groups in total. The molecule has 0 aliphatic carbocycles. The van der Waals surface area contributed by atoms with E-state index in [0.717, 1.165) is 5.69 Å². The van der Waals surface area contributed by atoms with Crippen LogP contribution < -0.4 is 5.32 Å². The summed E-state index contributed by atoms with van der Waals surface area (Å²) < 4.78 is 6.71. The molecule has 6 heteroatoms. The summed E-state index contributed by atoms with van der Waals surface area (Å²) in [7, 11) is 1.92. The number of hydrogen-bond donors (Lipinski definition) is 1. The maximum absolute atomic E-state index is 4.70. The number of hydrogen-bond acceptors (Lipinski definition) is 5. The first-order valence-electron chi connectivity index (χ1n) is 5.08. The van der Waals surface area contributed by atoms with Gasteiger partial charge in [0.05, 0.1) is 30.3 Å². The first-order chi connectivity index (χ1) is 7.63. The molecule has 0 radical (unpaired) electrons. The summed E-state index contributed by atoms with van der Waals surface area (Å²) >= 11 is 0. The molecule has 0 aromatic carbocycles. The van der Waals surface area contributed by atoms with Crippen LogP contribution in [0.25, 0.3) is 0 Å². The average Bonchev–Trinajstić information content (AvgIpc) is 2.89. The minimum Gasteiger partial charge on any atom is -0.343 e. The van der Waals surface area contributed by atoms with Crippen LogP contribution in [-0.2, 0) is 12.1 Å². The zero-order chi connectivity index (χ0) is 11.6. The van der Waals surface area contributed by atoms with E-state index in [9.17, 15) is 0 Å². The summed E-state index contributed by atoms with van der Waals surface area (Å²) in [5, 5.41) is 7.02. The number of nitrogens with zero attached hydrogens (tertiary/aromatic N) is 4. The van der Waals surface area contributed by atoms with E-state index in [-0.39, 0.29) is 5.54 Å². The predicted octanol–water partition coefficient (Wildman–Crippen LogP) is 0.769. The zero-order valence-corrected chi connectivity index (χ0v) is 9.64. The number of nitrogens with one attached hydrogen (secondary N) is 1. The Labute approximate surface area is 93.7 Å². The lowest BCUT2D eigenvalue weighted by atomic mass is 10.0. The van der Waals surface area contributed by atoms with Gasteiger partial charge in [0.15, 0.2) is 5.82 Å². The van der Waals surface area contributed by atoms with Gasteiger partial charge in [0.2, 0.25) is 6.39 Å². The van der Waals surface area contributed by atoms with Crippen LogP contribution in [0.5, 0.6) is 0 Å². The maximum atomic E-state index is 4.70. The van der Waals surface area contributed by atoms with Gasteiger partial charge in [0.1, 0.15) is 0 Å².